The average Bonchev–Trinajstić information content (AvgIpc) is 2.82. The van der Waals surface area contributed by atoms with Crippen LogP contribution in [0.2, 0.25) is 0 Å². The van der Waals surface area contributed by atoms with Crippen molar-refractivity contribution < 1.29 is 13.6 Å². The van der Waals surface area contributed by atoms with E-state index in [1.165, 1.54) is 49.1 Å². The van der Waals surface area contributed by atoms with Crippen LogP contribution in [0.5, 0.6) is 0 Å². The summed E-state index contributed by atoms with van der Waals surface area (Å²) in [6.45, 7) is 4.86. The molecule has 3 nitrogen and oxygen atoms in total. The van der Waals surface area contributed by atoms with Gasteiger partial charge in [0.15, 0.2) is 5.78 Å². The Morgan fingerprint density at radius 3 is 1.97 bits per heavy atom. The van der Waals surface area contributed by atoms with Crippen LogP contribution in [0.3, 0.4) is 0 Å². The molecule has 0 N–H and O–H groups in total. The van der Waals surface area contributed by atoms with Gasteiger partial charge in [0.1, 0.15) is 11.6 Å². The highest BCUT2D eigenvalue weighted by Gasteiger charge is 2.35. The SMILES string of the molecule is CCCC(=O)C1CC(=C(c2ccc(F)cc2)c2ccc(F)cc2)CCN1N1CCCCC1. The monoisotopic (exact) mass is 438 g/mol. The van der Waals surface area contributed by atoms with E-state index in [4.69, 9.17) is 0 Å². The van der Waals surface area contributed by atoms with Crippen LogP contribution < -0.4 is 0 Å². The highest BCUT2D eigenvalue weighted by molar-refractivity contribution is 5.87. The minimum absolute atomic E-state index is 0.173. The van der Waals surface area contributed by atoms with Crippen LogP contribution in [0.4, 0.5) is 8.78 Å². The molecule has 170 valence electrons. The Hall–Kier alpha value is -2.37. The van der Waals surface area contributed by atoms with Gasteiger partial charge in [-0.3, -0.25) is 4.79 Å². The predicted octanol–water partition coefficient (Wildman–Crippen LogP) is 6.00. The molecule has 5 heteroatoms. The van der Waals surface area contributed by atoms with E-state index in [-0.39, 0.29) is 23.5 Å². The molecule has 2 aromatic carbocycles. The number of benzene rings is 2. The van der Waals surface area contributed by atoms with E-state index in [9.17, 15) is 13.6 Å². The maximum absolute atomic E-state index is 13.6. The van der Waals surface area contributed by atoms with E-state index in [2.05, 4.69) is 10.0 Å². The van der Waals surface area contributed by atoms with Crippen LogP contribution in [0, 0.1) is 11.6 Å². The Bertz CT molecular complexity index is 899. The van der Waals surface area contributed by atoms with Gasteiger partial charge in [-0.05, 0) is 73.1 Å². The minimum Gasteiger partial charge on any atom is -0.298 e. The van der Waals surface area contributed by atoms with Crippen molar-refractivity contribution in [1.29, 1.82) is 0 Å². The minimum atomic E-state index is -0.284. The lowest BCUT2D eigenvalue weighted by atomic mass is 9.84. The Labute approximate surface area is 189 Å². The first-order valence-electron chi connectivity index (χ1n) is 11.8. The zero-order valence-corrected chi connectivity index (χ0v) is 18.8. The predicted molar refractivity (Wildman–Crippen MR) is 124 cm³/mol. The summed E-state index contributed by atoms with van der Waals surface area (Å²) in [6, 6.07) is 12.8. The van der Waals surface area contributed by atoms with Crippen molar-refractivity contribution in [3.05, 3.63) is 76.9 Å². The molecule has 2 aromatic rings. The number of nitrogens with zero attached hydrogens (tertiary/aromatic N) is 2. The van der Waals surface area contributed by atoms with Crippen molar-refractivity contribution in [1.82, 2.24) is 10.0 Å². The summed E-state index contributed by atoms with van der Waals surface area (Å²) in [6.07, 6.45) is 6.49. The molecule has 1 unspecified atom stereocenters. The molecule has 0 aliphatic carbocycles. The van der Waals surface area contributed by atoms with Crippen molar-refractivity contribution in [2.24, 2.45) is 0 Å². The van der Waals surface area contributed by atoms with Crippen LogP contribution in [0.25, 0.3) is 5.57 Å². The Morgan fingerprint density at radius 2 is 1.44 bits per heavy atom. The molecule has 0 spiro atoms. The number of hydrazine groups is 1. The van der Waals surface area contributed by atoms with Gasteiger partial charge < -0.3 is 0 Å². The highest BCUT2D eigenvalue weighted by Crippen LogP contribution is 2.36. The van der Waals surface area contributed by atoms with E-state index >= 15 is 0 Å². The van der Waals surface area contributed by atoms with Gasteiger partial charge in [-0.25, -0.2) is 18.8 Å². The molecule has 1 atom stereocenters. The number of carbonyl (C=O) groups excluding carboxylic acids is 1. The van der Waals surface area contributed by atoms with Crippen molar-refractivity contribution in [3.63, 3.8) is 0 Å². The summed E-state index contributed by atoms with van der Waals surface area (Å²) >= 11 is 0. The zero-order valence-electron chi connectivity index (χ0n) is 18.8. The van der Waals surface area contributed by atoms with E-state index < -0.39 is 0 Å². The summed E-state index contributed by atoms with van der Waals surface area (Å²) < 4.78 is 27.3. The number of rotatable bonds is 6. The number of Topliss-reactive ketones (excluding diaryl/α,β-unsaturated/α-hetero) is 1. The van der Waals surface area contributed by atoms with Gasteiger partial charge in [-0.1, -0.05) is 43.2 Å². The average molecular weight is 439 g/mol. The van der Waals surface area contributed by atoms with E-state index in [1.807, 2.05) is 6.92 Å². The van der Waals surface area contributed by atoms with Gasteiger partial charge in [0, 0.05) is 26.1 Å². The largest absolute Gasteiger partial charge is 0.298 e. The molecular weight excluding hydrogens is 406 g/mol. The first-order chi connectivity index (χ1) is 15.6. The highest BCUT2D eigenvalue weighted by atomic mass is 19.1. The Kier molecular flexibility index (Phi) is 7.48. The van der Waals surface area contributed by atoms with Gasteiger partial charge in [0.25, 0.3) is 0 Å². The smallest absolute Gasteiger partial charge is 0.151 e. The van der Waals surface area contributed by atoms with Crippen molar-refractivity contribution in [2.45, 2.75) is 57.9 Å². The lowest BCUT2D eigenvalue weighted by molar-refractivity contribution is -0.138. The topological polar surface area (TPSA) is 23.6 Å². The normalized spacial score (nSPS) is 20.3. The molecule has 2 heterocycles. The van der Waals surface area contributed by atoms with Crippen molar-refractivity contribution >= 4 is 11.4 Å². The molecule has 0 amide bonds. The van der Waals surface area contributed by atoms with Gasteiger partial charge >= 0.3 is 0 Å². The van der Waals surface area contributed by atoms with Crippen LogP contribution in [0.1, 0.15) is 63.0 Å². The number of hydrogen-bond acceptors (Lipinski definition) is 3. The van der Waals surface area contributed by atoms with Crippen LogP contribution in [0.15, 0.2) is 54.1 Å². The summed E-state index contributed by atoms with van der Waals surface area (Å²) in [5.74, 6) is -0.283. The number of halogens is 2. The summed E-state index contributed by atoms with van der Waals surface area (Å²) in [4.78, 5) is 13.2. The second-order valence-corrected chi connectivity index (χ2v) is 8.86. The second kappa shape index (κ2) is 10.5. The molecule has 0 bridgehead atoms. The summed E-state index contributed by atoms with van der Waals surface area (Å²) in [7, 11) is 0. The second-order valence-electron chi connectivity index (χ2n) is 8.86. The van der Waals surface area contributed by atoms with Gasteiger partial charge in [0.2, 0.25) is 0 Å². The Balaban J connectivity index is 1.73. The lowest BCUT2D eigenvalue weighted by Crippen LogP contribution is -2.56. The lowest BCUT2D eigenvalue weighted by Gasteiger charge is -2.45. The molecule has 0 radical (unpaired) electrons. The maximum Gasteiger partial charge on any atom is 0.151 e. The standard InChI is InChI=1S/C27H32F2N2O/c1-2-6-26(32)25-19-22(15-18-31(25)30-16-4-3-5-17-30)27(20-7-11-23(28)12-8-20)21-9-13-24(29)14-10-21/h7-14,25H,2-6,15-19H2,1H3. The van der Waals surface area contributed by atoms with Crippen LogP contribution in [-0.4, -0.2) is 41.5 Å². The Morgan fingerprint density at radius 1 is 0.875 bits per heavy atom. The van der Waals surface area contributed by atoms with Crippen LogP contribution >= 0.6 is 0 Å². The van der Waals surface area contributed by atoms with E-state index in [0.717, 1.165) is 49.2 Å². The number of ketones is 1. The van der Waals surface area contributed by atoms with E-state index in [1.54, 1.807) is 24.3 Å². The van der Waals surface area contributed by atoms with Crippen LogP contribution in [-0.2, 0) is 4.79 Å². The fourth-order valence-corrected chi connectivity index (χ4v) is 5.05. The van der Waals surface area contributed by atoms with Gasteiger partial charge in [-0.15, -0.1) is 0 Å². The molecule has 0 aromatic heterocycles. The number of piperidine rings is 2. The maximum atomic E-state index is 13.6. The number of hydrogen-bond donors (Lipinski definition) is 0. The molecule has 2 saturated heterocycles. The van der Waals surface area contributed by atoms with Crippen molar-refractivity contribution in [3.8, 4) is 0 Å². The fourth-order valence-electron chi connectivity index (χ4n) is 5.05. The molecule has 32 heavy (non-hydrogen) atoms. The molecule has 2 aliphatic rings. The zero-order chi connectivity index (χ0) is 22.5. The molecule has 4 rings (SSSR count). The summed E-state index contributed by atoms with van der Waals surface area (Å²) in [5.41, 5.74) is 3.99. The molecule has 2 aliphatic heterocycles. The van der Waals surface area contributed by atoms with E-state index in [0.29, 0.717) is 12.8 Å². The third kappa shape index (κ3) is 5.16. The third-order valence-corrected chi connectivity index (χ3v) is 6.63. The summed E-state index contributed by atoms with van der Waals surface area (Å²) in [5, 5.41) is 4.70. The molecule has 2 fully saturated rings. The quantitative estimate of drug-likeness (QED) is 0.553. The first-order valence-corrected chi connectivity index (χ1v) is 11.8. The van der Waals surface area contributed by atoms with Gasteiger partial charge in [0.05, 0.1) is 6.04 Å². The fraction of sp³-hybridized carbons (Fsp3) is 0.444. The van der Waals surface area contributed by atoms with Crippen molar-refractivity contribution in [2.75, 3.05) is 19.6 Å². The van der Waals surface area contributed by atoms with Gasteiger partial charge in [-0.2, -0.15) is 0 Å². The molecular formula is C27H32F2N2O. The molecule has 0 saturated carbocycles. The first kappa shape index (κ1) is 22.8. The number of carbonyl (C=O) groups is 1. The third-order valence-electron chi connectivity index (χ3n) is 6.63.